The first-order chi connectivity index (χ1) is 34.2. The number of hydrogen-bond acceptors (Lipinski definition) is 2. The third-order valence-electron chi connectivity index (χ3n) is 24.5. The van der Waals surface area contributed by atoms with E-state index in [0.717, 1.165) is 71.8 Å². The number of hydrogen-bond donors (Lipinski definition) is 0. The van der Waals surface area contributed by atoms with Crippen molar-refractivity contribution in [1.29, 1.82) is 0 Å². The zero-order valence-electron chi connectivity index (χ0n) is 46.2. The largest absolute Gasteiger partial charge is 0.299 e. The van der Waals surface area contributed by atoms with Crippen molar-refractivity contribution in [2.24, 2.45) is 106 Å². The van der Waals surface area contributed by atoms with E-state index in [4.69, 9.17) is 0 Å². The van der Waals surface area contributed by atoms with Gasteiger partial charge in [0.15, 0.2) is 0 Å². The molecule has 0 aromatic carbocycles. The first-order valence-electron chi connectivity index (χ1n) is 32.6. The third kappa shape index (κ3) is 11.2. The van der Waals surface area contributed by atoms with Crippen molar-refractivity contribution in [1.82, 2.24) is 0 Å². The molecule has 9 fully saturated rings. The summed E-state index contributed by atoms with van der Waals surface area (Å²) in [5.41, 5.74) is 0.944. The smallest absolute Gasteiger partial charge is 0.139 e. The number of Topliss-reactive ketones (excluding diaryl/α,β-unsaturated/α-hetero) is 2. The number of fused-ring (bicyclic) bond motifs is 12. The van der Waals surface area contributed by atoms with Crippen molar-refractivity contribution in [2.75, 3.05) is 0 Å². The second-order valence-corrected chi connectivity index (χ2v) is 30.3. The Kier molecular flexibility index (Phi) is 20.2. The van der Waals surface area contributed by atoms with Crippen LogP contribution in [0.1, 0.15) is 285 Å². The third-order valence-corrected chi connectivity index (χ3v) is 26.2. The predicted octanol–water partition coefficient (Wildman–Crippen LogP) is 20.3. The van der Waals surface area contributed by atoms with Gasteiger partial charge < -0.3 is 0 Å². The molecule has 0 aromatic heterocycles. The molecule has 9 aliphatic carbocycles. The molecule has 0 N–H and O–H groups in total. The topological polar surface area (TPSA) is 34.1 Å². The zero-order chi connectivity index (χ0) is 48.8. The van der Waals surface area contributed by atoms with Gasteiger partial charge in [0.25, 0.3) is 0 Å². The lowest BCUT2D eigenvalue weighted by Crippen LogP contribution is -2.41. The molecule has 0 saturated heterocycles. The standard InChI is InChI=1S/C66H110Br2O2/c1-5-9-13-17-21-25-33-65(34-26-22-18-14-10-6-2)59-37-45(67)29-31-47(59)53-41-57-51(43-61(53)65)49-39-56-50(40-55(49)63(57)69)52-44-62-54(42-58(52)64(56)70)48-32-30-46(68)38-60(48)66(62,35-27-23-19-15-11-7-3)36-28-24-20-16-12-8-4/h45-62H,5-44H2,1-4H3. The summed E-state index contributed by atoms with van der Waals surface area (Å²) in [4.78, 5) is 32.1. The Balaban J connectivity index is 0.950. The van der Waals surface area contributed by atoms with Gasteiger partial charge in [-0.25, -0.2) is 0 Å². The Morgan fingerprint density at radius 3 is 0.886 bits per heavy atom. The first kappa shape index (κ1) is 55.1. The quantitative estimate of drug-likeness (QED) is 0.0578. The van der Waals surface area contributed by atoms with E-state index in [1.54, 1.807) is 0 Å². The second kappa shape index (κ2) is 25.6. The van der Waals surface area contributed by atoms with Gasteiger partial charge in [0, 0.05) is 33.3 Å². The summed E-state index contributed by atoms with van der Waals surface area (Å²) in [6.07, 6.45) is 55.1. The highest BCUT2D eigenvalue weighted by Crippen LogP contribution is 2.74. The Bertz CT molecular complexity index is 1490. The summed E-state index contributed by atoms with van der Waals surface area (Å²) in [7, 11) is 0. The van der Waals surface area contributed by atoms with Crippen molar-refractivity contribution < 1.29 is 9.59 Å². The molecule has 0 spiro atoms. The highest BCUT2D eigenvalue weighted by molar-refractivity contribution is 9.09. The minimum absolute atomic E-state index is 0.260. The molecule has 9 aliphatic rings. The first-order valence-corrected chi connectivity index (χ1v) is 34.4. The normalized spacial score (nSPS) is 40.8. The van der Waals surface area contributed by atoms with Gasteiger partial charge in [-0.05, 0) is 185 Å². The lowest BCUT2D eigenvalue weighted by atomic mass is 9.56. The van der Waals surface area contributed by atoms with Crippen molar-refractivity contribution in [2.45, 2.75) is 294 Å². The van der Waals surface area contributed by atoms with Crippen LogP contribution in [-0.2, 0) is 9.59 Å². The average Bonchev–Trinajstić information content (AvgIpc) is 3.99. The molecule has 0 aromatic rings. The van der Waals surface area contributed by atoms with E-state index in [9.17, 15) is 0 Å². The zero-order valence-corrected chi connectivity index (χ0v) is 49.4. The van der Waals surface area contributed by atoms with Gasteiger partial charge in [0.1, 0.15) is 11.6 Å². The highest BCUT2D eigenvalue weighted by Gasteiger charge is 2.69. The lowest BCUT2D eigenvalue weighted by Gasteiger charge is -2.48. The Morgan fingerprint density at radius 2 is 0.571 bits per heavy atom. The molecule has 18 atom stereocenters. The summed E-state index contributed by atoms with van der Waals surface area (Å²) in [5.74, 6) is 11.2. The van der Waals surface area contributed by atoms with E-state index in [1.807, 2.05) is 0 Å². The molecule has 4 heteroatoms. The van der Waals surface area contributed by atoms with Crippen molar-refractivity contribution in [3.63, 3.8) is 0 Å². The van der Waals surface area contributed by atoms with Crippen LogP contribution in [0.3, 0.4) is 0 Å². The van der Waals surface area contributed by atoms with E-state index in [2.05, 4.69) is 59.6 Å². The molecule has 0 amide bonds. The summed E-state index contributed by atoms with van der Waals surface area (Å²) < 4.78 is 0. The van der Waals surface area contributed by atoms with Crippen LogP contribution in [0.15, 0.2) is 0 Å². The molecule has 0 bridgehead atoms. The maximum Gasteiger partial charge on any atom is 0.139 e. The molecule has 0 heterocycles. The van der Waals surface area contributed by atoms with E-state index < -0.39 is 0 Å². The number of carbonyl (C=O) groups excluding carboxylic acids is 2. The number of halogens is 2. The van der Waals surface area contributed by atoms with Crippen LogP contribution in [0, 0.1) is 106 Å². The Morgan fingerprint density at radius 1 is 0.314 bits per heavy atom. The van der Waals surface area contributed by atoms with Gasteiger partial charge in [-0.1, -0.05) is 214 Å². The Labute approximate surface area is 449 Å². The van der Waals surface area contributed by atoms with Crippen LogP contribution in [0.4, 0.5) is 0 Å². The molecule has 70 heavy (non-hydrogen) atoms. The van der Waals surface area contributed by atoms with Gasteiger partial charge in [0.05, 0.1) is 0 Å². The molecule has 0 radical (unpaired) electrons. The Hall–Kier alpha value is 0.300. The second-order valence-electron chi connectivity index (χ2n) is 27.7. The van der Waals surface area contributed by atoms with Gasteiger partial charge in [0.2, 0.25) is 0 Å². The minimum atomic E-state index is 0.260. The molecular formula is C66H110Br2O2. The maximum atomic E-state index is 15.4. The fourth-order valence-electron chi connectivity index (χ4n) is 21.7. The molecule has 2 nitrogen and oxygen atoms in total. The molecule has 400 valence electrons. The van der Waals surface area contributed by atoms with E-state index in [1.165, 1.54) is 244 Å². The monoisotopic (exact) mass is 1090 g/mol. The van der Waals surface area contributed by atoms with Crippen LogP contribution in [0.2, 0.25) is 0 Å². The van der Waals surface area contributed by atoms with E-state index >= 15 is 9.59 Å². The molecule has 9 saturated carbocycles. The summed E-state index contributed by atoms with van der Waals surface area (Å²) in [6, 6.07) is 0. The number of rotatable bonds is 28. The number of carbonyl (C=O) groups is 2. The van der Waals surface area contributed by atoms with Crippen LogP contribution in [0.25, 0.3) is 0 Å². The summed E-state index contributed by atoms with van der Waals surface area (Å²) in [6.45, 7) is 9.44. The van der Waals surface area contributed by atoms with E-state index in [-0.39, 0.29) is 11.8 Å². The number of ketones is 2. The average molecular weight is 1100 g/mol. The van der Waals surface area contributed by atoms with E-state index in [0.29, 0.717) is 56.0 Å². The predicted molar refractivity (Wildman–Crippen MR) is 304 cm³/mol. The van der Waals surface area contributed by atoms with Crippen molar-refractivity contribution in [3.8, 4) is 0 Å². The molecular weight excluding hydrogens is 985 g/mol. The number of alkyl halides is 2. The van der Waals surface area contributed by atoms with Crippen LogP contribution in [-0.4, -0.2) is 21.2 Å². The highest BCUT2D eigenvalue weighted by atomic mass is 79.9. The minimum Gasteiger partial charge on any atom is -0.299 e. The van der Waals surface area contributed by atoms with Gasteiger partial charge >= 0.3 is 0 Å². The van der Waals surface area contributed by atoms with Gasteiger partial charge in [-0.15, -0.1) is 0 Å². The van der Waals surface area contributed by atoms with Crippen LogP contribution >= 0.6 is 31.9 Å². The fraction of sp³-hybridized carbons (Fsp3) is 0.970. The maximum absolute atomic E-state index is 15.4. The number of unbranched alkanes of at least 4 members (excludes halogenated alkanes) is 20. The van der Waals surface area contributed by atoms with Gasteiger partial charge in [-0.2, -0.15) is 0 Å². The SMILES string of the molecule is CCCCCCCCC1(CCCCCCCC)C2CC(Br)CCC2C2CC3C(=O)C4CC5C(CC4C3CC21)C(=O)C1CC2C3CCC(Br)CC3C(CCCCCCCC)(CCCCCCCC)C2CC15. The molecule has 0 aliphatic heterocycles. The van der Waals surface area contributed by atoms with Crippen LogP contribution in [0.5, 0.6) is 0 Å². The molecule has 9 rings (SSSR count). The van der Waals surface area contributed by atoms with Gasteiger partial charge in [-0.3, -0.25) is 9.59 Å². The fourth-order valence-corrected chi connectivity index (χ4v) is 23.0. The van der Waals surface area contributed by atoms with Crippen molar-refractivity contribution in [3.05, 3.63) is 0 Å². The van der Waals surface area contributed by atoms with Crippen molar-refractivity contribution >= 4 is 43.4 Å². The summed E-state index contributed by atoms with van der Waals surface area (Å²) in [5, 5.41) is 0. The molecule has 18 unspecified atom stereocenters. The summed E-state index contributed by atoms with van der Waals surface area (Å²) >= 11 is 8.51. The van der Waals surface area contributed by atoms with Crippen LogP contribution < -0.4 is 0 Å². The lowest BCUT2D eigenvalue weighted by molar-refractivity contribution is -0.129.